The van der Waals surface area contributed by atoms with Gasteiger partial charge in [0.25, 0.3) is 0 Å². The summed E-state index contributed by atoms with van der Waals surface area (Å²) in [5.74, 6) is -3.33. The highest BCUT2D eigenvalue weighted by Crippen LogP contribution is 2.39. The van der Waals surface area contributed by atoms with Crippen LogP contribution in [-0.4, -0.2) is 119 Å². The monoisotopic (exact) mass is 610 g/mol. The van der Waals surface area contributed by atoms with Crippen LogP contribution in [0.4, 0.5) is 0 Å². The molecule has 10 atom stereocenters. The fourth-order valence-corrected chi connectivity index (χ4v) is 4.84. The predicted molar refractivity (Wildman–Crippen MR) is 140 cm³/mol. The lowest BCUT2D eigenvalue weighted by molar-refractivity contribution is -0.318. The van der Waals surface area contributed by atoms with Crippen molar-refractivity contribution < 1.29 is 74.4 Å². The molecule has 0 amide bonds. The Morgan fingerprint density at radius 3 is 2.12 bits per heavy atom. The number of hydrogen-bond acceptors (Lipinski definition) is 16. The molecule has 5 rings (SSSR count). The Kier molecular flexibility index (Phi) is 8.41. The molecule has 2 aliphatic heterocycles. The smallest absolute Gasteiger partial charge is 0.239 e. The summed E-state index contributed by atoms with van der Waals surface area (Å²) < 4.78 is 27.8. The van der Waals surface area contributed by atoms with E-state index in [1.54, 1.807) is 0 Å². The summed E-state index contributed by atoms with van der Waals surface area (Å²) in [5, 5.41) is 101. The molecule has 3 heterocycles. The molecule has 2 aromatic carbocycles. The molecular weight excluding hydrogens is 580 g/mol. The Labute approximate surface area is 241 Å². The Morgan fingerprint density at radius 2 is 1.42 bits per heavy atom. The van der Waals surface area contributed by atoms with Crippen molar-refractivity contribution in [3.8, 4) is 40.1 Å². The van der Waals surface area contributed by atoms with Crippen LogP contribution in [0.25, 0.3) is 22.3 Å². The average Bonchev–Trinajstić information content (AvgIpc) is 2.96. The van der Waals surface area contributed by atoms with Gasteiger partial charge < -0.3 is 74.4 Å². The minimum atomic E-state index is -1.97. The van der Waals surface area contributed by atoms with Crippen molar-refractivity contribution in [2.24, 2.45) is 0 Å². The molecular formula is C27H30O16. The van der Waals surface area contributed by atoms with Gasteiger partial charge in [0.05, 0.1) is 12.7 Å². The van der Waals surface area contributed by atoms with E-state index in [0.29, 0.717) is 0 Å². The van der Waals surface area contributed by atoms with Gasteiger partial charge in [0, 0.05) is 17.7 Å². The van der Waals surface area contributed by atoms with Crippen molar-refractivity contribution in [1.29, 1.82) is 0 Å². The number of aromatic hydroxyl groups is 4. The highest BCUT2D eigenvalue weighted by Gasteiger charge is 2.47. The number of hydrogen-bond donors (Lipinski definition) is 10. The molecule has 1 unspecified atom stereocenters. The van der Waals surface area contributed by atoms with Gasteiger partial charge in [-0.2, -0.15) is 0 Å². The van der Waals surface area contributed by atoms with Gasteiger partial charge in [-0.05, 0) is 25.1 Å². The third-order valence-electron chi connectivity index (χ3n) is 7.29. The first kappa shape index (κ1) is 30.7. The van der Waals surface area contributed by atoms with E-state index < -0.39 is 113 Å². The Balaban J connectivity index is 1.48. The zero-order chi connectivity index (χ0) is 31.3. The quantitative estimate of drug-likeness (QED) is 0.140. The van der Waals surface area contributed by atoms with Gasteiger partial charge in [-0.3, -0.25) is 4.79 Å². The second-order valence-corrected chi connectivity index (χ2v) is 10.3. The van der Waals surface area contributed by atoms with E-state index in [4.69, 9.17) is 23.4 Å². The first-order valence-electron chi connectivity index (χ1n) is 13.0. The zero-order valence-corrected chi connectivity index (χ0v) is 22.3. The number of fused-ring (bicyclic) bond motifs is 1. The number of aliphatic hydroxyl groups excluding tert-OH is 6. The third-order valence-corrected chi connectivity index (χ3v) is 7.29. The Morgan fingerprint density at radius 1 is 0.744 bits per heavy atom. The maximum absolute atomic E-state index is 13.6. The summed E-state index contributed by atoms with van der Waals surface area (Å²) in [6.07, 6.45) is -16.2. The van der Waals surface area contributed by atoms with Crippen LogP contribution in [0.1, 0.15) is 6.92 Å². The van der Waals surface area contributed by atoms with Gasteiger partial charge in [-0.25, -0.2) is 0 Å². The number of rotatable bonds is 6. The van der Waals surface area contributed by atoms with Crippen molar-refractivity contribution in [3.05, 3.63) is 40.6 Å². The van der Waals surface area contributed by atoms with Crippen molar-refractivity contribution in [1.82, 2.24) is 0 Å². The van der Waals surface area contributed by atoms with Crippen LogP contribution >= 0.6 is 0 Å². The molecule has 0 bridgehead atoms. The molecule has 2 aliphatic rings. The van der Waals surface area contributed by atoms with Crippen LogP contribution in [0.2, 0.25) is 0 Å². The van der Waals surface area contributed by atoms with Gasteiger partial charge in [-0.15, -0.1) is 0 Å². The van der Waals surface area contributed by atoms with E-state index in [1.807, 2.05) is 0 Å². The maximum Gasteiger partial charge on any atom is 0.239 e. The lowest BCUT2D eigenvalue weighted by Crippen LogP contribution is -2.61. The zero-order valence-electron chi connectivity index (χ0n) is 22.3. The van der Waals surface area contributed by atoms with Gasteiger partial charge in [0.1, 0.15) is 65.2 Å². The average molecular weight is 611 g/mol. The molecule has 1 aromatic heterocycles. The number of phenols is 4. The Bertz CT molecular complexity index is 1540. The Hall–Kier alpha value is -3.71. The predicted octanol–water partition coefficient (Wildman–Crippen LogP) is -1.69. The first-order chi connectivity index (χ1) is 20.3. The standard InChI is InChI=1S/C27H30O16/c1-8-17(32)20(35)22(37)26(40-8)39-7-15-18(33)21(36)23(38)27(42-15)43-25-19(34)16-13(31)5-10(28)6-14(16)41-24(25)9-2-3-11(29)12(30)4-9/h2-6,8,15,17-18,20-23,26-33,35-38H,7H2,1H3/t8-,15+,17-,18+,20+,21?,22+,23+,26+,27-/m0/s1. The third kappa shape index (κ3) is 5.67. The molecule has 10 N–H and O–H groups in total. The largest absolute Gasteiger partial charge is 0.508 e. The first-order valence-corrected chi connectivity index (χ1v) is 13.0. The lowest BCUT2D eigenvalue weighted by Gasteiger charge is -2.42. The molecule has 0 radical (unpaired) electrons. The number of aliphatic hydroxyl groups is 6. The van der Waals surface area contributed by atoms with E-state index in [1.165, 1.54) is 13.0 Å². The molecule has 2 saturated heterocycles. The van der Waals surface area contributed by atoms with Gasteiger partial charge in [0.15, 0.2) is 23.5 Å². The van der Waals surface area contributed by atoms with E-state index in [9.17, 15) is 55.9 Å². The number of benzene rings is 2. The summed E-state index contributed by atoms with van der Waals surface area (Å²) in [6.45, 7) is 0.818. The minimum Gasteiger partial charge on any atom is -0.508 e. The summed E-state index contributed by atoms with van der Waals surface area (Å²) >= 11 is 0. The second kappa shape index (κ2) is 11.8. The number of ether oxygens (including phenoxy) is 4. The molecule has 16 heteroatoms. The summed E-state index contributed by atoms with van der Waals surface area (Å²) in [4.78, 5) is 13.6. The van der Waals surface area contributed by atoms with Crippen LogP contribution in [0, 0.1) is 0 Å². The van der Waals surface area contributed by atoms with Crippen LogP contribution in [-0.2, 0) is 14.2 Å². The van der Waals surface area contributed by atoms with E-state index >= 15 is 0 Å². The highest BCUT2D eigenvalue weighted by molar-refractivity contribution is 5.88. The fourth-order valence-electron chi connectivity index (χ4n) is 4.84. The van der Waals surface area contributed by atoms with E-state index in [2.05, 4.69) is 0 Å². The van der Waals surface area contributed by atoms with E-state index in [-0.39, 0.29) is 11.1 Å². The minimum absolute atomic E-state index is 0.0313. The molecule has 16 nitrogen and oxygen atoms in total. The summed E-state index contributed by atoms with van der Waals surface area (Å²) in [7, 11) is 0. The number of phenolic OH excluding ortho intramolecular Hbond substituents is 4. The van der Waals surface area contributed by atoms with Crippen LogP contribution in [0.15, 0.2) is 39.5 Å². The van der Waals surface area contributed by atoms with Crippen LogP contribution < -0.4 is 10.2 Å². The summed E-state index contributed by atoms with van der Waals surface area (Å²) in [6, 6.07) is 5.24. The SMILES string of the molecule is C[C@@H]1O[C@@H](OC[C@H]2O[C@@H](Oc3c(-c4ccc(O)c(O)c4)oc4cc(O)cc(O)c4c3=O)[C@H](O)C(O)[C@@H]2O)[C@H](O)[C@H](O)[C@H]1O. The van der Waals surface area contributed by atoms with Crippen LogP contribution in [0.3, 0.4) is 0 Å². The fraction of sp³-hybridized carbons (Fsp3) is 0.444. The molecule has 3 aromatic rings. The highest BCUT2D eigenvalue weighted by atomic mass is 16.7. The summed E-state index contributed by atoms with van der Waals surface area (Å²) in [5.41, 5.74) is -1.35. The van der Waals surface area contributed by atoms with E-state index in [0.717, 1.165) is 24.3 Å². The van der Waals surface area contributed by atoms with Gasteiger partial charge in [-0.1, -0.05) is 0 Å². The van der Waals surface area contributed by atoms with Crippen molar-refractivity contribution >= 4 is 11.0 Å². The topological polar surface area (TPSA) is 269 Å². The normalized spacial score (nSPS) is 33.0. The van der Waals surface area contributed by atoms with Gasteiger partial charge >= 0.3 is 0 Å². The molecule has 0 aliphatic carbocycles. The van der Waals surface area contributed by atoms with Crippen molar-refractivity contribution in [2.45, 2.75) is 68.3 Å². The molecule has 0 saturated carbocycles. The van der Waals surface area contributed by atoms with Crippen molar-refractivity contribution in [3.63, 3.8) is 0 Å². The molecule has 2 fully saturated rings. The lowest BCUT2D eigenvalue weighted by atomic mass is 9.98. The molecule has 234 valence electrons. The maximum atomic E-state index is 13.6. The van der Waals surface area contributed by atoms with Crippen molar-refractivity contribution in [2.75, 3.05) is 6.61 Å². The molecule has 0 spiro atoms. The molecule has 43 heavy (non-hydrogen) atoms. The van der Waals surface area contributed by atoms with Gasteiger partial charge in [0.2, 0.25) is 17.5 Å². The van der Waals surface area contributed by atoms with Crippen LogP contribution in [0.5, 0.6) is 28.7 Å². The second-order valence-electron chi connectivity index (χ2n) is 10.3.